The van der Waals surface area contributed by atoms with E-state index in [1.165, 1.54) is 0 Å². The molecule has 2 N–H and O–H groups in total. The zero-order valence-electron chi connectivity index (χ0n) is 9.66. The Hall–Kier alpha value is -2.36. The molecule has 0 radical (unpaired) electrons. The van der Waals surface area contributed by atoms with Gasteiger partial charge in [-0.25, -0.2) is 0 Å². The Morgan fingerprint density at radius 2 is 2.11 bits per heavy atom. The van der Waals surface area contributed by atoms with Gasteiger partial charge in [-0.15, -0.1) is 0 Å². The third-order valence-corrected chi connectivity index (χ3v) is 3.55. The van der Waals surface area contributed by atoms with E-state index in [1.807, 2.05) is 24.4 Å². The molecule has 0 spiro atoms. The van der Waals surface area contributed by atoms with Crippen molar-refractivity contribution in [1.29, 1.82) is 0 Å². The summed E-state index contributed by atoms with van der Waals surface area (Å²) in [6, 6.07) is 6.00. The fourth-order valence-corrected chi connectivity index (χ4v) is 2.72. The molecule has 0 bridgehead atoms. The summed E-state index contributed by atoms with van der Waals surface area (Å²) in [6.07, 6.45) is 4.48. The van der Waals surface area contributed by atoms with E-state index in [-0.39, 0.29) is 5.91 Å². The number of fused-ring (bicyclic) bond motifs is 5. The first kappa shape index (κ1) is 9.65. The van der Waals surface area contributed by atoms with Crippen LogP contribution in [0.1, 0.15) is 16.1 Å². The number of nitrogens with zero attached hydrogens (tertiary/aromatic N) is 1. The molecule has 0 saturated heterocycles. The minimum atomic E-state index is 0.0240. The number of nitrogens with one attached hydrogen (secondary N) is 2. The molecule has 4 nitrogen and oxygen atoms in total. The van der Waals surface area contributed by atoms with Gasteiger partial charge < -0.3 is 10.3 Å². The average molecular weight is 237 g/mol. The molecule has 1 aliphatic heterocycles. The van der Waals surface area contributed by atoms with Crippen molar-refractivity contribution in [1.82, 2.24) is 15.3 Å². The number of aromatic amines is 1. The number of aromatic nitrogens is 2. The highest BCUT2D eigenvalue weighted by atomic mass is 16.1. The minimum absolute atomic E-state index is 0.0240. The van der Waals surface area contributed by atoms with Gasteiger partial charge in [-0.05, 0) is 6.07 Å². The molecule has 3 heterocycles. The highest BCUT2D eigenvalue weighted by Crippen LogP contribution is 2.30. The molecule has 1 amide bonds. The van der Waals surface area contributed by atoms with Crippen LogP contribution in [-0.2, 0) is 6.42 Å². The van der Waals surface area contributed by atoms with Gasteiger partial charge in [0.15, 0.2) is 0 Å². The molecule has 1 aliphatic rings. The summed E-state index contributed by atoms with van der Waals surface area (Å²) in [4.78, 5) is 19.5. The Kier molecular flexibility index (Phi) is 1.78. The molecule has 0 aliphatic carbocycles. The quantitative estimate of drug-likeness (QED) is 0.628. The number of hydrogen-bond donors (Lipinski definition) is 2. The van der Waals surface area contributed by atoms with Crippen LogP contribution in [0.2, 0.25) is 0 Å². The Labute approximate surface area is 103 Å². The summed E-state index contributed by atoms with van der Waals surface area (Å²) in [5, 5.41) is 6.10. The SMILES string of the molecule is O=C1NCCc2[nH]c3c(ccc4cnccc43)c21. The second-order valence-electron chi connectivity index (χ2n) is 4.57. The lowest BCUT2D eigenvalue weighted by atomic mass is 10.0. The van der Waals surface area contributed by atoms with Crippen molar-refractivity contribution in [3.05, 3.63) is 41.9 Å². The fourth-order valence-electron chi connectivity index (χ4n) is 2.72. The molecule has 88 valence electrons. The first-order valence-corrected chi connectivity index (χ1v) is 6.00. The van der Waals surface area contributed by atoms with E-state index >= 15 is 0 Å². The Morgan fingerprint density at radius 1 is 1.17 bits per heavy atom. The molecule has 18 heavy (non-hydrogen) atoms. The van der Waals surface area contributed by atoms with Gasteiger partial charge in [-0.1, -0.05) is 12.1 Å². The van der Waals surface area contributed by atoms with Crippen LogP contribution in [0.5, 0.6) is 0 Å². The van der Waals surface area contributed by atoms with Gasteiger partial charge in [0.1, 0.15) is 0 Å². The summed E-state index contributed by atoms with van der Waals surface area (Å²) >= 11 is 0. The van der Waals surface area contributed by atoms with Crippen molar-refractivity contribution >= 4 is 27.6 Å². The average Bonchev–Trinajstić information content (AvgIpc) is 2.79. The molecule has 0 saturated carbocycles. The number of carbonyl (C=O) groups is 1. The van der Waals surface area contributed by atoms with Crippen molar-refractivity contribution in [2.24, 2.45) is 0 Å². The lowest BCUT2D eigenvalue weighted by Crippen LogP contribution is -2.31. The summed E-state index contributed by atoms with van der Waals surface area (Å²) in [5.41, 5.74) is 2.88. The Bertz CT molecular complexity index is 788. The van der Waals surface area contributed by atoms with Crippen LogP contribution in [0.15, 0.2) is 30.6 Å². The first-order chi connectivity index (χ1) is 8.84. The van der Waals surface area contributed by atoms with Gasteiger partial charge in [0.05, 0.1) is 11.1 Å². The lowest BCUT2D eigenvalue weighted by molar-refractivity contribution is 0.0947. The van der Waals surface area contributed by atoms with Gasteiger partial charge >= 0.3 is 0 Å². The molecule has 1 aromatic carbocycles. The van der Waals surface area contributed by atoms with Gasteiger partial charge in [0.2, 0.25) is 0 Å². The van der Waals surface area contributed by atoms with E-state index in [0.717, 1.165) is 39.4 Å². The Morgan fingerprint density at radius 3 is 3.06 bits per heavy atom. The normalized spacial score (nSPS) is 14.8. The molecule has 2 aromatic heterocycles. The monoisotopic (exact) mass is 237 g/mol. The summed E-state index contributed by atoms with van der Waals surface area (Å²) < 4.78 is 0. The maximum Gasteiger partial charge on any atom is 0.253 e. The first-order valence-electron chi connectivity index (χ1n) is 6.00. The van der Waals surface area contributed by atoms with Crippen molar-refractivity contribution in [2.75, 3.05) is 6.54 Å². The zero-order valence-corrected chi connectivity index (χ0v) is 9.66. The Balaban J connectivity index is 2.19. The highest BCUT2D eigenvalue weighted by molar-refractivity contribution is 6.15. The largest absolute Gasteiger partial charge is 0.357 e. The van der Waals surface area contributed by atoms with Crippen LogP contribution in [0, 0.1) is 0 Å². The number of amides is 1. The number of H-pyrrole nitrogens is 1. The van der Waals surface area contributed by atoms with Gasteiger partial charge in [0.25, 0.3) is 5.91 Å². The van der Waals surface area contributed by atoms with E-state index in [4.69, 9.17) is 0 Å². The molecule has 0 atom stereocenters. The van der Waals surface area contributed by atoms with Crippen molar-refractivity contribution in [3.8, 4) is 0 Å². The second-order valence-corrected chi connectivity index (χ2v) is 4.57. The van der Waals surface area contributed by atoms with Gasteiger partial charge in [-0.2, -0.15) is 0 Å². The predicted molar refractivity (Wildman–Crippen MR) is 69.6 cm³/mol. The van der Waals surface area contributed by atoms with Crippen LogP contribution in [-0.4, -0.2) is 22.4 Å². The molecule has 4 rings (SSSR count). The van der Waals surface area contributed by atoms with Crippen molar-refractivity contribution in [3.63, 3.8) is 0 Å². The van der Waals surface area contributed by atoms with E-state index in [1.54, 1.807) is 6.20 Å². The lowest BCUT2D eigenvalue weighted by Gasteiger charge is -2.11. The smallest absolute Gasteiger partial charge is 0.253 e. The topological polar surface area (TPSA) is 57.8 Å². The number of pyridine rings is 1. The van der Waals surface area contributed by atoms with E-state index < -0.39 is 0 Å². The number of carbonyl (C=O) groups excluding carboxylic acids is 1. The molecule has 0 fully saturated rings. The zero-order chi connectivity index (χ0) is 12.1. The third kappa shape index (κ3) is 1.14. The van der Waals surface area contributed by atoms with Crippen LogP contribution in [0.3, 0.4) is 0 Å². The maximum atomic E-state index is 12.0. The molecule has 3 aromatic rings. The number of benzene rings is 1. The van der Waals surface area contributed by atoms with Gasteiger partial charge in [-0.3, -0.25) is 9.78 Å². The molecule has 4 heteroatoms. The number of rotatable bonds is 0. The summed E-state index contributed by atoms with van der Waals surface area (Å²) in [6.45, 7) is 0.706. The minimum Gasteiger partial charge on any atom is -0.357 e. The standard InChI is InChI=1S/C14H11N3O/c18-14-12-10-2-1-8-7-15-5-3-9(8)13(10)17-11(12)4-6-16-14/h1-3,5,7,17H,4,6H2,(H,16,18). The van der Waals surface area contributed by atoms with E-state index in [2.05, 4.69) is 15.3 Å². The van der Waals surface area contributed by atoms with E-state index in [9.17, 15) is 4.79 Å². The highest BCUT2D eigenvalue weighted by Gasteiger charge is 2.22. The number of hydrogen-bond acceptors (Lipinski definition) is 2. The molecular formula is C14H11N3O. The van der Waals surface area contributed by atoms with Gasteiger partial charge in [0, 0.05) is 47.2 Å². The van der Waals surface area contributed by atoms with Crippen LogP contribution in [0.4, 0.5) is 0 Å². The second kappa shape index (κ2) is 3.32. The van der Waals surface area contributed by atoms with Crippen molar-refractivity contribution < 1.29 is 4.79 Å². The molecule has 0 unspecified atom stereocenters. The van der Waals surface area contributed by atoms with Crippen LogP contribution < -0.4 is 5.32 Å². The van der Waals surface area contributed by atoms with Crippen molar-refractivity contribution in [2.45, 2.75) is 6.42 Å². The van der Waals surface area contributed by atoms with Crippen LogP contribution >= 0.6 is 0 Å². The maximum absolute atomic E-state index is 12.0. The third-order valence-electron chi connectivity index (χ3n) is 3.55. The molecular weight excluding hydrogens is 226 g/mol. The predicted octanol–water partition coefficient (Wildman–Crippen LogP) is 2.00. The summed E-state index contributed by atoms with van der Waals surface area (Å²) in [7, 11) is 0. The summed E-state index contributed by atoms with van der Waals surface area (Å²) in [5.74, 6) is 0.0240. The fraction of sp³-hybridized carbons (Fsp3) is 0.143. The van der Waals surface area contributed by atoms with Crippen LogP contribution in [0.25, 0.3) is 21.7 Å². The van der Waals surface area contributed by atoms with E-state index in [0.29, 0.717) is 6.54 Å².